The van der Waals surface area contributed by atoms with Crippen molar-refractivity contribution in [2.75, 3.05) is 17.6 Å². The summed E-state index contributed by atoms with van der Waals surface area (Å²) in [4.78, 5) is 13.5. The molecule has 8 heteroatoms. The van der Waals surface area contributed by atoms with Gasteiger partial charge in [-0.3, -0.25) is 0 Å². The number of nitrogens with zero attached hydrogens (tertiary/aromatic N) is 3. The number of furan rings is 1. The molecule has 0 aliphatic carbocycles. The van der Waals surface area contributed by atoms with E-state index < -0.39 is 0 Å². The molecule has 0 saturated heterocycles. The lowest BCUT2D eigenvalue weighted by atomic mass is 10.2. The summed E-state index contributed by atoms with van der Waals surface area (Å²) in [6, 6.07) is 14.0. The third kappa shape index (κ3) is 6.08. The highest BCUT2D eigenvalue weighted by Gasteiger charge is 2.11. The molecule has 4 aromatic rings. The molecule has 0 unspecified atom stereocenters. The third-order valence-corrected chi connectivity index (χ3v) is 5.98. The van der Waals surface area contributed by atoms with E-state index in [2.05, 4.69) is 20.3 Å². The first-order valence-corrected chi connectivity index (χ1v) is 11.7. The molecule has 0 fully saturated rings. The SMILES string of the molecule is c1ccc(COc2nc(NCCSCc3ccco3)ncc2Cc2nccs2)cc1. The van der Waals surface area contributed by atoms with Gasteiger partial charge in [-0.1, -0.05) is 30.3 Å². The van der Waals surface area contributed by atoms with Crippen molar-refractivity contribution in [2.24, 2.45) is 0 Å². The summed E-state index contributed by atoms with van der Waals surface area (Å²) in [6.45, 7) is 1.22. The normalized spacial score (nSPS) is 10.8. The van der Waals surface area contributed by atoms with Crippen LogP contribution in [0.5, 0.6) is 5.88 Å². The number of thioether (sulfide) groups is 1. The Hall–Kier alpha value is -2.84. The number of benzene rings is 1. The standard InChI is InChI=1S/C22H22N4O2S2/c1-2-5-17(6-3-1)15-28-21-18(13-20-23-9-12-30-20)14-25-22(26-21)24-8-11-29-16-19-7-4-10-27-19/h1-7,9-10,12,14H,8,11,13,15-16H2,(H,24,25,26). The van der Waals surface area contributed by atoms with Crippen LogP contribution >= 0.6 is 23.1 Å². The molecule has 0 bridgehead atoms. The van der Waals surface area contributed by atoms with Crippen LogP contribution in [0.2, 0.25) is 0 Å². The lowest BCUT2D eigenvalue weighted by Gasteiger charge is -2.12. The molecule has 0 aliphatic heterocycles. The summed E-state index contributed by atoms with van der Waals surface area (Å²) in [5.41, 5.74) is 2.03. The van der Waals surface area contributed by atoms with E-state index in [9.17, 15) is 0 Å². The van der Waals surface area contributed by atoms with E-state index in [4.69, 9.17) is 9.15 Å². The lowest BCUT2D eigenvalue weighted by molar-refractivity contribution is 0.290. The van der Waals surface area contributed by atoms with Crippen LogP contribution in [0.4, 0.5) is 5.95 Å². The molecule has 6 nitrogen and oxygen atoms in total. The molecule has 3 aromatic heterocycles. The van der Waals surface area contributed by atoms with Crippen molar-refractivity contribution in [3.63, 3.8) is 0 Å². The average molecular weight is 439 g/mol. The van der Waals surface area contributed by atoms with Crippen LogP contribution in [0.1, 0.15) is 21.9 Å². The topological polar surface area (TPSA) is 73.1 Å². The number of hydrogen-bond acceptors (Lipinski definition) is 8. The molecule has 0 amide bonds. The van der Waals surface area contributed by atoms with Gasteiger partial charge in [-0.15, -0.1) is 11.3 Å². The van der Waals surface area contributed by atoms with E-state index >= 15 is 0 Å². The summed E-state index contributed by atoms with van der Waals surface area (Å²) in [6.07, 6.45) is 5.99. The number of thiazole rings is 1. The first-order chi connectivity index (χ1) is 14.9. The fourth-order valence-corrected chi connectivity index (χ4v) is 4.15. The quantitative estimate of drug-likeness (QED) is 0.329. The zero-order valence-electron chi connectivity index (χ0n) is 16.4. The summed E-state index contributed by atoms with van der Waals surface area (Å²) < 4.78 is 11.4. The van der Waals surface area contributed by atoms with Crippen molar-refractivity contribution < 1.29 is 9.15 Å². The van der Waals surface area contributed by atoms with Crippen molar-refractivity contribution in [2.45, 2.75) is 18.8 Å². The van der Waals surface area contributed by atoms with E-state index in [1.807, 2.05) is 60.2 Å². The Morgan fingerprint density at radius 2 is 2.03 bits per heavy atom. The fraction of sp³-hybridized carbons (Fsp3) is 0.227. The fourth-order valence-electron chi connectivity index (χ4n) is 2.75. The maximum atomic E-state index is 6.06. The zero-order valence-corrected chi connectivity index (χ0v) is 18.0. The Morgan fingerprint density at radius 1 is 1.10 bits per heavy atom. The minimum atomic E-state index is 0.459. The van der Waals surface area contributed by atoms with E-state index in [0.29, 0.717) is 24.9 Å². The van der Waals surface area contributed by atoms with Crippen LogP contribution in [0, 0.1) is 0 Å². The molecular formula is C22H22N4O2S2. The molecule has 0 radical (unpaired) electrons. The van der Waals surface area contributed by atoms with Gasteiger partial charge in [0.25, 0.3) is 0 Å². The summed E-state index contributed by atoms with van der Waals surface area (Å²) >= 11 is 3.41. The molecule has 154 valence electrons. The molecular weight excluding hydrogens is 416 g/mol. The smallest absolute Gasteiger partial charge is 0.225 e. The number of nitrogens with one attached hydrogen (secondary N) is 1. The average Bonchev–Trinajstić information content (AvgIpc) is 3.48. The Morgan fingerprint density at radius 3 is 2.83 bits per heavy atom. The van der Waals surface area contributed by atoms with Crippen LogP contribution in [-0.4, -0.2) is 27.2 Å². The Kier molecular flexibility index (Phi) is 7.36. The summed E-state index contributed by atoms with van der Waals surface area (Å²) in [5.74, 6) is 3.92. The van der Waals surface area contributed by atoms with E-state index in [1.165, 1.54) is 0 Å². The summed E-state index contributed by atoms with van der Waals surface area (Å²) in [7, 11) is 0. The van der Waals surface area contributed by atoms with Gasteiger partial charge in [0.1, 0.15) is 12.4 Å². The highest BCUT2D eigenvalue weighted by atomic mass is 32.2. The van der Waals surface area contributed by atoms with Gasteiger partial charge in [0, 0.05) is 42.1 Å². The Balaban J connectivity index is 1.37. The van der Waals surface area contributed by atoms with Gasteiger partial charge in [0.05, 0.1) is 17.0 Å². The predicted molar refractivity (Wildman–Crippen MR) is 121 cm³/mol. The molecule has 0 saturated carbocycles. The van der Waals surface area contributed by atoms with Crippen molar-refractivity contribution in [3.8, 4) is 5.88 Å². The third-order valence-electron chi connectivity index (χ3n) is 4.22. The highest BCUT2D eigenvalue weighted by molar-refractivity contribution is 7.98. The van der Waals surface area contributed by atoms with E-state index in [1.54, 1.807) is 29.4 Å². The number of hydrogen-bond donors (Lipinski definition) is 1. The second-order valence-electron chi connectivity index (χ2n) is 6.46. The van der Waals surface area contributed by atoms with Gasteiger partial charge < -0.3 is 14.5 Å². The Bertz CT molecular complexity index is 1010. The second kappa shape index (κ2) is 10.8. The zero-order chi connectivity index (χ0) is 20.4. The molecule has 0 atom stereocenters. The van der Waals surface area contributed by atoms with E-state index in [0.717, 1.165) is 39.9 Å². The number of ether oxygens (including phenoxy) is 1. The molecule has 1 aromatic carbocycles. The second-order valence-corrected chi connectivity index (χ2v) is 8.54. The van der Waals surface area contributed by atoms with Crippen LogP contribution in [0.15, 0.2) is 70.9 Å². The van der Waals surface area contributed by atoms with Gasteiger partial charge in [0.15, 0.2) is 0 Å². The largest absolute Gasteiger partial charge is 0.472 e. The highest BCUT2D eigenvalue weighted by Crippen LogP contribution is 2.22. The maximum absolute atomic E-state index is 6.06. The van der Waals surface area contributed by atoms with Gasteiger partial charge in [0.2, 0.25) is 11.8 Å². The van der Waals surface area contributed by atoms with Crippen molar-refractivity contribution in [3.05, 3.63) is 88.4 Å². The number of rotatable bonds is 11. The molecule has 0 aliphatic rings. The minimum Gasteiger partial charge on any atom is -0.472 e. The van der Waals surface area contributed by atoms with Crippen LogP contribution in [-0.2, 0) is 18.8 Å². The first-order valence-electron chi connectivity index (χ1n) is 9.62. The van der Waals surface area contributed by atoms with E-state index in [-0.39, 0.29) is 0 Å². The van der Waals surface area contributed by atoms with Crippen molar-refractivity contribution in [1.82, 2.24) is 15.0 Å². The number of anilines is 1. The summed E-state index contributed by atoms with van der Waals surface area (Å²) in [5, 5.41) is 6.26. The molecule has 1 N–H and O–H groups in total. The minimum absolute atomic E-state index is 0.459. The van der Waals surface area contributed by atoms with Crippen LogP contribution < -0.4 is 10.1 Å². The van der Waals surface area contributed by atoms with Crippen LogP contribution in [0.3, 0.4) is 0 Å². The van der Waals surface area contributed by atoms with Gasteiger partial charge >= 0.3 is 0 Å². The molecule has 0 spiro atoms. The Labute approximate surface area is 183 Å². The monoisotopic (exact) mass is 438 g/mol. The van der Waals surface area contributed by atoms with Gasteiger partial charge in [-0.25, -0.2) is 9.97 Å². The van der Waals surface area contributed by atoms with Crippen LogP contribution in [0.25, 0.3) is 0 Å². The molecule has 30 heavy (non-hydrogen) atoms. The molecule has 3 heterocycles. The van der Waals surface area contributed by atoms with Gasteiger partial charge in [-0.2, -0.15) is 16.7 Å². The van der Waals surface area contributed by atoms with Crippen molar-refractivity contribution in [1.29, 1.82) is 0 Å². The van der Waals surface area contributed by atoms with Gasteiger partial charge in [-0.05, 0) is 17.7 Å². The molecule has 4 rings (SSSR count). The van der Waals surface area contributed by atoms with Crippen molar-refractivity contribution >= 4 is 29.0 Å². The first kappa shape index (κ1) is 20.4. The predicted octanol–water partition coefficient (Wildman–Crippen LogP) is 5.04. The lowest BCUT2D eigenvalue weighted by Crippen LogP contribution is -2.10. The maximum Gasteiger partial charge on any atom is 0.225 e. The number of aromatic nitrogens is 3.